The lowest BCUT2D eigenvalue weighted by Gasteiger charge is -2.33. The molecule has 1 heterocycles. The number of carbonyl (C=O) groups excluding carboxylic acids is 2. The van der Waals surface area contributed by atoms with Crippen LogP contribution in [0.4, 0.5) is 0 Å². The molecule has 0 N–H and O–H groups in total. The molecule has 3 rings (SSSR count). The Balaban J connectivity index is 1.84. The number of hydrogen-bond acceptors (Lipinski definition) is 5. The fourth-order valence-electron chi connectivity index (χ4n) is 4.53. The monoisotopic (exact) mass is 358 g/mol. The average Bonchev–Trinajstić information content (AvgIpc) is 3.23. The van der Waals surface area contributed by atoms with Crippen LogP contribution in [0.5, 0.6) is 0 Å². The predicted octanol–water partition coefficient (Wildman–Crippen LogP) is 3.60. The smallest absolute Gasteiger partial charge is 0.323 e. The number of carbonyl (C=O) groups is 2. The highest BCUT2D eigenvalue weighted by Crippen LogP contribution is 2.55. The van der Waals surface area contributed by atoms with Gasteiger partial charge in [-0.05, 0) is 38.2 Å². The SMILES string of the molecule is C=C1CC(C(=O)OC)(C(=O)OC)C[C@@H]1[C@]1(C)CC[C@@H](c2ccccc2)O1. The van der Waals surface area contributed by atoms with Gasteiger partial charge in [-0.3, -0.25) is 9.59 Å². The van der Waals surface area contributed by atoms with Gasteiger partial charge in [-0.15, -0.1) is 0 Å². The highest BCUT2D eigenvalue weighted by Gasteiger charge is 2.59. The van der Waals surface area contributed by atoms with E-state index in [-0.39, 0.29) is 18.4 Å². The molecule has 1 aromatic rings. The van der Waals surface area contributed by atoms with Crippen molar-refractivity contribution < 1.29 is 23.8 Å². The number of esters is 2. The van der Waals surface area contributed by atoms with Crippen molar-refractivity contribution in [3.63, 3.8) is 0 Å². The minimum absolute atomic E-state index is 0.0141. The van der Waals surface area contributed by atoms with Crippen LogP contribution in [0.25, 0.3) is 0 Å². The number of methoxy groups -OCH3 is 2. The van der Waals surface area contributed by atoms with Crippen molar-refractivity contribution in [1.82, 2.24) is 0 Å². The summed E-state index contributed by atoms with van der Waals surface area (Å²) in [6.07, 6.45) is 2.30. The zero-order valence-corrected chi connectivity index (χ0v) is 15.6. The van der Waals surface area contributed by atoms with E-state index in [1.807, 2.05) is 18.2 Å². The Morgan fingerprint density at radius 1 is 1.15 bits per heavy atom. The van der Waals surface area contributed by atoms with E-state index in [1.165, 1.54) is 14.2 Å². The van der Waals surface area contributed by atoms with Crippen LogP contribution < -0.4 is 0 Å². The van der Waals surface area contributed by atoms with Crippen molar-refractivity contribution in [3.8, 4) is 0 Å². The van der Waals surface area contributed by atoms with E-state index >= 15 is 0 Å². The molecular formula is C21H26O5. The van der Waals surface area contributed by atoms with E-state index < -0.39 is 23.0 Å². The summed E-state index contributed by atoms with van der Waals surface area (Å²) in [5.41, 5.74) is 0.202. The number of rotatable bonds is 4. The summed E-state index contributed by atoms with van der Waals surface area (Å²) in [7, 11) is 2.59. The highest BCUT2D eigenvalue weighted by atomic mass is 16.5. The van der Waals surface area contributed by atoms with Crippen LogP contribution in [0.3, 0.4) is 0 Å². The van der Waals surface area contributed by atoms with Crippen LogP contribution in [0.15, 0.2) is 42.5 Å². The number of hydrogen-bond donors (Lipinski definition) is 0. The molecule has 1 saturated carbocycles. The first-order valence-corrected chi connectivity index (χ1v) is 8.93. The third kappa shape index (κ3) is 2.94. The minimum atomic E-state index is -1.32. The van der Waals surface area contributed by atoms with Gasteiger partial charge in [0.25, 0.3) is 0 Å². The van der Waals surface area contributed by atoms with Gasteiger partial charge in [-0.1, -0.05) is 42.5 Å². The lowest BCUT2D eigenvalue weighted by atomic mass is 9.79. The second kappa shape index (κ2) is 6.88. The molecule has 0 radical (unpaired) electrons. The van der Waals surface area contributed by atoms with Gasteiger partial charge in [0.2, 0.25) is 0 Å². The van der Waals surface area contributed by atoms with Gasteiger partial charge in [0.05, 0.1) is 25.9 Å². The van der Waals surface area contributed by atoms with Crippen molar-refractivity contribution in [3.05, 3.63) is 48.0 Å². The van der Waals surface area contributed by atoms with Gasteiger partial charge >= 0.3 is 11.9 Å². The molecule has 1 aliphatic heterocycles. The molecule has 0 bridgehead atoms. The van der Waals surface area contributed by atoms with E-state index in [4.69, 9.17) is 14.2 Å². The summed E-state index contributed by atoms with van der Waals surface area (Å²) in [5.74, 6) is -1.22. The molecule has 2 fully saturated rings. The molecule has 5 heteroatoms. The Morgan fingerprint density at radius 2 is 1.77 bits per heavy atom. The topological polar surface area (TPSA) is 61.8 Å². The van der Waals surface area contributed by atoms with Crippen LogP contribution in [0.1, 0.15) is 44.3 Å². The number of ether oxygens (including phenoxy) is 3. The highest BCUT2D eigenvalue weighted by molar-refractivity contribution is 6.01. The second-order valence-electron chi connectivity index (χ2n) is 7.53. The Morgan fingerprint density at radius 3 is 2.35 bits per heavy atom. The average molecular weight is 358 g/mol. The fraction of sp³-hybridized carbons (Fsp3) is 0.524. The maximum Gasteiger partial charge on any atom is 0.323 e. The third-order valence-electron chi connectivity index (χ3n) is 5.95. The summed E-state index contributed by atoms with van der Waals surface area (Å²) >= 11 is 0. The summed E-state index contributed by atoms with van der Waals surface area (Å²) in [4.78, 5) is 24.9. The van der Waals surface area contributed by atoms with E-state index in [0.717, 1.165) is 24.0 Å². The molecule has 0 unspecified atom stereocenters. The van der Waals surface area contributed by atoms with Crippen LogP contribution in [0.2, 0.25) is 0 Å². The number of benzene rings is 1. The van der Waals surface area contributed by atoms with Gasteiger partial charge in [-0.2, -0.15) is 0 Å². The van der Waals surface area contributed by atoms with Gasteiger partial charge in [0.1, 0.15) is 0 Å². The Bertz CT molecular complexity index is 694. The quantitative estimate of drug-likeness (QED) is 0.468. The van der Waals surface area contributed by atoms with Crippen molar-refractivity contribution in [2.24, 2.45) is 11.3 Å². The predicted molar refractivity (Wildman–Crippen MR) is 96.2 cm³/mol. The van der Waals surface area contributed by atoms with E-state index in [1.54, 1.807) is 0 Å². The van der Waals surface area contributed by atoms with Gasteiger partial charge < -0.3 is 14.2 Å². The Kier molecular flexibility index (Phi) is 4.93. The summed E-state index contributed by atoms with van der Waals surface area (Å²) in [5, 5.41) is 0. The Hall–Kier alpha value is -2.14. The first-order chi connectivity index (χ1) is 12.4. The zero-order valence-electron chi connectivity index (χ0n) is 15.6. The second-order valence-corrected chi connectivity index (χ2v) is 7.53. The van der Waals surface area contributed by atoms with Crippen LogP contribution in [-0.4, -0.2) is 31.8 Å². The van der Waals surface area contributed by atoms with Crippen molar-refractivity contribution in [2.45, 2.75) is 44.3 Å². The molecular weight excluding hydrogens is 332 g/mol. The van der Waals surface area contributed by atoms with Crippen molar-refractivity contribution in [2.75, 3.05) is 14.2 Å². The van der Waals surface area contributed by atoms with E-state index in [0.29, 0.717) is 6.42 Å². The molecule has 1 saturated heterocycles. The summed E-state index contributed by atoms with van der Waals surface area (Å²) in [6, 6.07) is 10.1. The molecule has 2 aliphatic rings. The largest absolute Gasteiger partial charge is 0.468 e. The molecule has 140 valence electrons. The lowest BCUT2D eigenvalue weighted by molar-refractivity contribution is -0.169. The molecule has 5 nitrogen and oxygen atoms in total. The zero-order chi connectivity index (χ0) is 18.9. The van der Waals surface area contributed by atoms with Crippen LogP contribution >= 0.6 is 0 Å². The first kappa shape index (κ1) is 18.6. The summed E-state index contributed by atoms with van der Waals surface area (Å²) < 4.78 is 16.3. The van der Waals surface area contributed by atoms with Gasteiger partial charge in [0.15, 0.2) is 5.41 Å². The standard InChI is InChI=1S/C21H26O5/c1-14-12-21(18(22)24-3,19(23)25-4)13-16(14)20(2)11-10-17(26-20)15-8-6-5-7-9-15/h5-9,16-17H,1,10-13H2,2-4H3/t16-,17-,20-/m0/s1. The van der Waals surface area contributed by atoms with Crippen molar-refractivity contribution >= 4 is 11.9 Å². The van der Waals surface area contributed by atoms with Gasteiger partial charge in [-0.25, -0.2) is 0 Å². The van der Waals surface area contributed by atoms with Crippen molar-refractivity contribution in [1.29, 1.82) is 0 Å². The van der Waals surface area contributed by atoms with Gasteiger partial charge in [0, 0.05) is 5.92 Å². The lowest BCUT2D eigenvalue weighted by Crippen LogP contribution is -2.41. The van der Waals surface area contributed by atoms with Crippen LogP contribution in [-0.2, 0) is 23.8 Å². The first-order valence-electron chi connectivity index (χ1n) is 8.93. The van der Waals surface area contributed by atoms with E-state index in [9.17, 15) is 9.59 Å². The molecule has 0 aromatic heterocycles. The molecule has 1 aliphatic carbocycles. The molecule has 3 atom stereocenters. The summed E-state index contributed by atoms with van der Waals surface area (Å²) in [6.45, 7) is 6.21. The van der Waals surface area contributed by atoms with E-state index in [2.05, 4.69) is 25.6 Å². The third-order valence-corrected chi connectivity index (χ3v) is 5.95. The van der Waals surface area contributed by atoms with Crippen LogP contribution in [0, 0.1) is 11.3 Å². The minimum Gasteiger partial charge on any atom is -0.468 e. The maximum absolute atomic E-state index is 12.4. The molecule has 0 spiro atoms. The molecule has 1 aromatic carbocycles. The molecule has 0 amide bonds. The fourth-order valence-corrected chi connectivity index (χ4v) is 4.53. The Labute approximate surface area is 154 Å². The molecule has 26 heavy (non-hydrogen) atoms. The normalized spacial score (nSPS) is 30.2. The maximum atomic E-state index is 12.4.